The Hall–Kier alpha value is -2.36. The first-order chi connectivity index (χ1) is 10.5. The first kappa shape index (κ1) is 17.7. The van der Waals surface area contributed by atoms with E-state index in [2.05, 4.69) is 5.32 Å². The molecule has 0 bridgehead atoms. The number of nitrogens with one attached hydrogen (secondary N) is 1. The van der Waals surface area contributed by atoms with E-state index in [9.17, 15) is 19.2 Å². The molecule has 0 atom stereocenters. The molecule has 0 aliphatic carbocycles. The van der Waals surface area contributed by atoms with Gasteiger partial charge in [0.05, 0.1) is 13.2 Å². The molecule has 2 N–H and O–H groups in total. The zero-order valence-electron chi connectivity index (χ0n) is 12.6. The Bertz CT molecular complexity index is 644. The largest absolute Gasteiger partial charge is 0.448 e. The fourth-order valence-electron chi connectivity index (χ4n) is 1.85. The monoisotopic (exact) mass is 316 g/mol. The number of aliphatic hydroxyl groups excluding tert-OH is 1. The fraction of sp³-hybridized carbons (Fsp3) is 0.667. The quantitative estimate of drug-likeness (QED) is 0.595. The summed E-state index contributed by atoms with van der Waals surface area (Å²) in [6.45, 7) is 2.96. The Morgan fingerprint density at radius 3 is 2.00 bits per heavy atom. The number of aromatic nitrogens is 3. The molecule has 0 saturated carbocycles. The molecule has 0 unspecified atom stereocenters. The number of hydrogen-bond acceptors (Lipinski definition) is 6. The maximum atomic E-state index is 12.1. The van der Waals surface area contributed by atoms with Gasteiger partial charge >= 0.3 is 23.2 Å². The van der Waals surface area contributed by atoms with Crippen molar-refractivity contribution in [2.45, 2.75) is 33.5 Å². The van der Waals surface area contributed by atoms with Crippen molar-refractivity contribution in [1.82, 2.24) is 19.0 Å². The Morgan fingerprint density at radius 1 is 1.05 bits per heavy atom. The van der Waals surface area contributed by atoms with E-state index in [1.54, 1.807) is 13.8 Å². The van der Waals surface area contributed by atoms with Gasteiger partial charge in [0.2, 0.25) is 0 Å². The number of ether oxygens (including phenoxy) is 1. The molecular formula is C12H20N4O6. The van der Waals surface area contributed by atoms with Crippen LogP contribution in [0.15, 0.2) is 14.4 Å². The number of carbonyl (C=O) groups is 1. The van der Waals surface area contributed by atoms with Crippen LogP contribution in [0.4, 0.5) is 4.79 Å². The summed E-state index contributed by atoms with van der Waals surface area (Å²) < 4.78 is 7.52. The standard InChI is InChI=1S/C12H20N4O6/c1-3-14-10(19)15(4-2)12(21)16(11(14)20)6-8-22-9(18)13-5-7-17/h17H,3-8H2,1-2H3,(H,13,18). The van der Waals surface area contributed by atoms with Crippen molar-refractivity contribution in [2.75, 3.05) is 19.8 Å². The van der Waals surface area contributed by atoms with Crippen molar-refractivity contribution in [3.8, 4) is 0 Å². The highest BCUT2D eigenvalue weighted by Gasteiger charge is 2.13. The SMILES string of the molecule is CCn1c(=O)n(CC)c(=O)n(CCOC(=O)NCCO)c1=O. The van der Waals surface area contributed by atoms with E-state index in [0.29, 0.717) is 0 Å². The molecule has 0 spiro atoms. The van der Waals surface area contributed by atoms with Crippen molar-refractivity contribution in [3.63, 3.8) is 0 Å². The van der Waals surface area contributed by atoms with Crippen molar-refractivity contribution in [1.29, 1.82) is 0 Å². The van der Waals surface area contributed by atoms with Crippen molar-refractivity contribution in [2.24, 2.45) is 0 Å². The third-order valence-corrected chi connectivity index (χ3v) is 2.95. The van der Waals surface area contributed by atoms with Gasteiger partial charge in [-0.15, -0.1) is 0 Å². The highest BCUT2D eigenvalue weighted by atomic mass is 16.5. The van der Waals surface area contributed by atoms with E-state index in [-0.39, 0.29) is 39.4 Å². The van der Waals surface area contributed by atoms with Crippen molar-refractivity contribution in [3.05, 3.63) is 31.5 Å². The van der Waals surface area contributed by atoms with E-state index >= 15 is 0 Å². The third kappa shape index (κ3) is 3.85. The summed E-state index contributed by atoms with van der Waals surface area (Å²) in [5, 5.41) is 10.8. The Balaban J connectivity index is 2.96. The first-order valence-corrected chi connectivity index (χ1v) is 6.93. The molecule has 0 aliphatic heterocycles. The summed E-state index contributed by atoms with van der Waals surface area (Å²) in [6.07, 6.45) is -0.762. The second kappa shape index (κ2) is 8.17. The Kier molecular flexibility index (Phi) is 6.57. The predicted octanol–water partition coefficient (Wildman–Crippen LogP) is -2.07. The van der Waals surface area contributed by atoms with Crippen LogP contribution < -0.4 is 22.4 Å². The number of aliphatic hydroxyl groups is 1. The number of carbonyl (C=O) groups excluding carboxylic acids is 1. The highest BCUT2D eigenvalue weighted by molar-refractivity contribution is 5.66. The molecule has 0 radical (unpaired) electrons. The second-order valence-electron chi connectivity index (χ2n) is 4.27. The van der Waals surface area contributed by atoms with Gasteiger partial charge in [0.15, 0.2) is 0 Å². The lowest BCUT2D eigenvalue weighted by atomic mass is 10.6. The predicted molar refractivity (Wildman–Crippen MR) is 77.0 cm³/mol. The van der Waals surface area contributed by atoms with Gasteiger partial charge in [-0.3, -0.25) is 0 Å². The highest BCUT2D eigenvalue weighted by Crippen LogP contribution is 1.81. The summed E-state index contributed by atoms with van der Waals surface area (Å²) >= 11 is 0. The number of alkyl carbamates (subject to hydrolysis) is 1. The third-order valence-electron chi connectivity index (χ3n) is 2.95. The molecule has 10 heteroatoms. The lowest BCUT2D eigenvalue weighted by Crippen LogP contribution is -2.54. The van der Waals surface area contributed by atoms with Gasteiger partial charge < -0.3 is 15.2 Å². The van der Waals surface area contributed by atoms with Crippen LogP contribution in [0, 0.1) is 0 Å². The lowest BCUT2D eigenvalue weighted by Gasteiger charge is -2.12. The van der Waals surface area contributed by atoms with Crippen LogP contribution >= 0.6 is 0 Å². The van der Waals surface area contributed by atoms with Gasteiger partial charge in [-0.2, -0.15) is 0 Å². The van der Waals surface area contributed by atoms with Gasteiger partial charge in [0.1, 0.15) is 6.61 Å². The molecule has 22 heavy (non-hydrogen) atoms. The minimum atomic E-state index is -0.762. The van der Waals surface area contributed by atoms with Crippen molar-refractivity contribution < 1.29 is 14.6 Å². The molecule has 0 fully saturated rings. The summed E-state index contributed by atoms with van der Waals surface area (Å²) in [4.78, 5) is 47.3. The van der Waals surface area contributed by atoms with Crippen LogP contribution in [0.2, 0.25) is 0 Å². The Labute approximate surface area is 125 Å². The van der Waals surface area contributed by atoms with E-state index in [4.69, 9.17) is 9.84 Å². The van der Waals surface area contributed by atoms with Gasteiger partial charge in [-0.1, -0.05) is 0 Å². The molecule has 124 valence electrons. The molecule has 1 aromatic rings. The zero-order valence-corrected chi connectivity index (χ0v) is 12.6. The van der Waals surface area contributed by atoms with E-state index < -0.39 is 23.2 Å². The minimum Gasteiger partial charge on any atom is -0.448 e. The second-order valence-corrected chi connectivity index (χ2v) is 4.27. The zero-order chi connectivity index (χ0) is 16.7. The van der Waals surface area contributed by atoms with Crippen LogP contribution in [-0.4, -0.2) is 44.7 Å². The Morgan fingerprint density at radius 2 is 1.55 bits per heavy atom. The van der Waals surface area contributed by atoms with Gasteiger partial charge in [-0.05, 0) is 13.8 Å². The molecular weight excluding hydrogens is 296 g/mol. The summed E-state index contributed by atoms with van der Waals surface area (Å²) in [5.41, 5.74) is -2.12. The molecule has 0 aliphatic rings. The van der Waals surface area contributed by atoms with E-state index in [0.717, 1.165) is 13.7 Å². The summed E-state index contributed by atoms with van der Waals surface area (Å²) in [6, 6.07) is 0. The molecule has 10 nitrogen and oxygen atoms in total. The molecule has 1 amide bonds. The molecule has 1 rings (SSSR count). The number of amides is 1. The average molecular weight is 316 g/mol. The van der Waals surface area contributed by atoms with Crippen LogP contribution in [0.25, 0.3) is 0 Å². The van der Waals surface area contributed by atoms with E-state index in [1.165, 1.54) is 0 Å². The average Bonchev–Trinajstić information content (AvgIpc) is 2.49. The molecule has 1 aromatic heterocycles. The van der Waals surface area contributed by atoms with Crippen LogP contribution in [-0.2, 0) is 24.4 Å². The first-order valence-electron chi connectivity index (χ1n) is 6.93. The van der Waals surface area contributed by atoms with Gasteiger partial charge in [0, 0.05) is 19.6 Å². The maximum Gasteiger partial charge on any atom is 0.407 e. The summed E-state index contributed by atoms with van der Waals surface area (Å²) in [7, 11) is 0. The normalized spacial score (nSPS) is 10.5. The van der Waals surface area contributed by atoms with Crippen molar-refractivity contribution >= 4 is 6.09 Å². The number of nitrogens with zero attached hydrogens (tertiary/aromatic N) is 3. The van der Waals surface area contributed by atoms with Crippen LogP contribution in [0.3, 0.4) is 0 Å². The topological polar surface area (TPSA) is 125 Å². The molecule has 0 aromatic carbocycles. The van der Waals surface area contributed by atoms with Gasteiger partial charge in [-0.25, -0.2) is 32.9 Å². The van der Waals surface area contributed by atoms with Gasteiger partial charge in [0.25, 0.3) is 0 Å². The number of hydrogen-bond donors (Lipinski definition) is 2. The maximum absolute atomic E-state index is 12.1. The fourth-order valence-corrected chi connectivity index (χ4v) is 1.85. The molecule has 1 heterocycles. The number of rotatable bonds is 7. The molecule has 0 saturated heterocycles. The minimum absolute atomic E-state index is 0.0438. The smallest absolute Gasteiger partial charge is 0.407 e. The lowest BCUT2D eigenvalue weighted by molar-refractivity contribution is 0.137. The van der Waals surface area contributed by atoms with Crippen LogP contribution in [0.1, 0.15) is 13.8 Å². The van der Waals surface area contributed by atoms with Crippen LogP contribution in [0.5, 0.6) is 0 Å². The van der Waals surface area contributed by atoms with E-state index in [1.807, 2.05) is 0 Å². The summed E-state index contributed by atoms with van der Waals surface area (Å²) in [5.74, 6) is 0.